The molecule has 8 heteroatoms. The Kier molecular flexibility index (Phi) is 10.8. The van der Waals surface area contributed by atoms with Crippen LogP contribution in [0.2, 0.25) is 0 Å². The molecule has 6 unspecified atom stereocenters. The second-order valence-electron chi connectivity index (χ2n) is 6.35. The first kappa shape index (κ1) is 23.4. The fourth-order valence-electron chi connectivity index (χ4n) is 2.56. The Morgan fingerprint density at radius 2 is 2.15 bits per heavy atom. The summed E-state index contributed by atoms with van der Waals surface area (Å²) in [4.78, 5) is 0. The van der Waals surface area contributed by atoms with Gasteiger partial charge >= 0.3 is 0 Å². The van der Waals surface area contributed by atoms with Gasteiger partial charge in [0.1, 0.15) is 28.4 Å². The Morgan fingerprint density at radius 3 is 2.69 bits per heavy atom. The highest BCUT2D eigenvalue weighted by atomic mass is 31.2. The maximum absolute atomic E-state index is 8.76. The van der Waals surface area contributed by atoms with Gasteiger partial charge in [-0.1, -0.05) is 13.8 Å². The van der Waals surface area contributed by atoms with Gasteiger partial charge in [0.25, 0.3) is 0 Å². The number of nitriles is 1. The molecule has 1 saturated heterocycles. The molecule has 26 heavy (non-hydrogen) atoms. The highest BCUT2D eigenvalue weighted by molar-refractivity contribution is 7.51. The Labute approximate surface area is 160 Å². The predicted molar refractivity (Wildman–Crippen MR) is 103 cm³/mol. The number of nitrogens with zero attached hydrogens (tertiary/aromatic N) is 1. The first-order valence-corrected chi connectivity index (χ1v) is 10.0. The number of methoxy groups -OCH3 is 1. The molecule has 1 aliphatic rings. The van der Waals surface area contributed by atoms with Crippen LogP contribution in [0.15, 0.2) is 12.2 Å². The van der Waals surface area contributed by atoms with E-state index in [-0.39, 0.29) is 18.3 Å². The van der Waals surface area contributed by atoms with Gasteiger partial charge in [-0.25, -0.2) is 12.2 Å². The van der Waals surface area contributed by atoms with Crippen LogP contribution in [0.4, 0.5) is 0 Å². The molecule has 0 aromatic carbocycles. The maximum atomic E-state index is 8.76. The zero-order chi connectivity index (χ0) is 19.7. The zero-order valence-corrected chi connectivity index (χ0v) is 17.3. The van der Waals surface area contributed by atoms with E-state index in [1.54, 1.807) is 7.11 Å². The van der Waals surface area contributed by atoms with Gasteiger partial charge in [0.05, 0.1) is 37.9 Å². The Hall–Kier alpha value is -0.605. The monoisotopic (exact) mass is 382 g/mol. The van der Waals surface area contributed by atoms with Crippen LogP contribution < -0.4 is 0 Å². The lowest BCUT2D eigenvalue weighted by atomic mass is 9.92. The fourth-order valence-corrected chi connectivity index (χ4v) is 4.01. The van der Waals surface area contributed by atoms with Crippen LogP contribution in [-0.2, 0) is 23.3 Å². The van der Waals surface area contributed by atoms with Gasteiger partial charge in [-0.15, -0.1) is 12.6 Å². The van der Waals surface area contributed by atoms with Crippen molar-refractivity contribution in [1.82, 2.24) is 0 Å². The Bertz CT molecular complexity index is 475. The summed E-state index contributed by atoms with van der Waals surface area (Å²) in [5, 5.41) is 8.76. The van der Waals surface area contributed by atoms with Crippen molar-refractivity contribution in [3.8, 4) is 6.07 Å². The molecule has 0 aromatic rings. The van der Waals surface area contributed by atoms with Crippen LogP contribution in [-0.4, -0.2) is 58.6 Å². The Balaban J connectivity index is 2.90. The minimum absolute atomic E-state index is 0.140. The van der Waals surface area contributed by atoms with Crippen molar-refractivity contribution in [2.24, 2.45) is 0 Å². The SMILES string of the molecule is [B]C1OC(CC)C(OP(OCCC#N)[C-](C)C(=C)C)C1OC(C)COC. The normalized spacial score (nSPS) is 27.7. The number of allylic oxidation sites excluding steroid dienone is 1. The van der Waals surface area contributed by atoms with E-state index in [0.29, 0.717) is 19.6 Å². The standard InChI is InChI=1S/C18H30BNO5P/c1-7-15-16(17(18(19)24-15)23-13(4)11-21-6)25-26(14(5)12(2)3)22-10-8-9-20/h13,15-18H,2,7-8,10-11H2,1,3-6H3/q-1. The average Bonchev–Trinajstić information content (AvgIpc) is 2.89. The molecule has 0 bridgehead atoms. The van der Waals surface area contributed by atoms with Crippen molar-refractivity contribution in [2.45, 2.75) is 71.0 Å². The molecule has 0 spiro atoms. The maximum Gasteiger partial charge on any atom is 0.117 e. The van der Waals surface area contributed by atoms with Crippen LogP contribution in [0.3, 0.4) is 0 Å². The van der Waals surface area contributed by atoms with Gasteiger partial charge in [0.15, 0.2) is 0 Å². The van der Waals surface area contributed by atoms with Gasteiger partial charge in [-0.2, -0.15) is 5.26 Å². The van der Waals surface area contributed by atoms with Crippen molar-refractivity contribution in [3.63, 3.8) is 0 Å². The third-order valence-corrected chi connectivity index (χ3v) is 5.85. The summed E-state index contributed by atoms with van der Waals surface area (Å²) in [6.07, 6.45) is -0.0754. The van der Waals surface area contributed by atoms with Crippen LogP contribution in [0, 0.1) is 17.0 Å². The second-order valence-corrected chi connectivity index (χ2v) is 8.00. The molecule has 0 amide bonds. The minimum Gasteiger partial charge on any atom is -0.382 e. The van der Waals surface area contributed by atoms with E-state index in [4.69, 9.17) is 36.4 Å². The number of hydrogen-bond acceptors (Lipinski definition) is 6. The molecule has 0 aliphatic carbocycles. The summed E-state index contributed by atoms with van der Waals surface area (Å²) < 4.78 is 29.2. The van der Waals surface area contributed by atoms with Gasteiger partial charge in [-0.05, 0) is 13.3 Å². The van der Waals surface area contributed by atoms with Crippen molar-refractivity contribution in [1.29, 1.82) is 5.26 Å². The molecule has 1 rings (SSSR count). The molecule has 6 nitrogen and oxygen atoms in total. The van der Waals surface area contributed by atoms with Gasteiger partial charge in [0, 0.05) is 13.1 Å². The summed E-state index contributed by atoms with van der Waals surface area (Å²) in [7, 11) is 6.39. The summed E-state index contributed by atoms with van der Waals surface area (Å²) in [5.41, 5.74) is 1.81. The molecule has 0 N–H and O–H groups in total. The van der Waals surface area contributed by atoms with Crippen LogP contribution >= 0.6 is 8.38 Å². The number of hydrogen-bond donors (Lipinski definition) is 0. The highest BCUT2D eigenvalue weighted by Gasteiger charge is 2.44. The quantitative estimate of drug-likeness (QED) is 0.223. The number of rotatable bonds is 12. The largest absolute Gasteiger partial charge is 0.382 e. The summed E-state index contributed by atoms with van der Waals surface area (Å²) in [5.74, 6) is 0. The Morgan fingerprint density at radius 1 is 1.46 bits per heavy atom. The fraction of sp³-hybridized carbons (Fsp3) is 0.778. The third-order valence-electron chi connectivity index (χ3n) is 4.07. The van der Waals surface area contributed by atoms with E-state index in [0.717, 1.165) is 17.7 Å². The molecule has 0 aromatic heterocycles. The molecule has 6 atom stereocenters. The highest BCUT2D eigenvalue weighted by Crippen LogP contribution is 2.54. The smallest absolute Gasteiger partial charge is 0.117 e. The van der Waals surface area contributed by atoms with E-state index in [2.05, 4.69) is 12.6 Å². The lowest BCUT2D eigenvalue weighted by molar-refractivity contribution is -0.0738. The van der Waals surface area contributed by atoms with E-state index in [1.165, 1.54) is 0 Å². The molecule has 2 radical (unpaired) electrons. The molecular weight excluding hydrogens is 352 g/mol. The molecule has 1 aliphatic heterocycles. The third kappa shape index (κ3) is 6.85. The summed E-state index contributed by atoms with van der Waals surface area (Å²) in [6.45, 7) is 12.5. The summed E-state index contributed by atoms with van der Waals surface area (Å²) >= 11 is 0. The van der Waals surface area contributed by atoms with Crippen LogP contribution in [0.5, 0.6) is 0 Å². The van der Waals surface area contributed by atoms with Crippen molar-refractivity contribution in [3.05, 3.63) is 17.8 Å². The van der Waals surface area contributed by atoms with Gasteiger partial charge in [0.2, 0.25) is 0 Å². The first-order valence-electron chi connectivity index (χ1n) is 8.87. The molecule has 0 saturated carbocycles. The van der Waals surface area contributed by atoms with Gasteiger partial charge < -0.3 is 23.3 Å². The number of ether oxygens (including phenoxy) is 3. The minimum atomic E-state index is -1.38. The van der Waals surface area contributed by atoms with Crippen molar-refractivity contribution >= 4 is 16.2 Å². The topological polar surface area (TPSA) is 69.9 Å². The average molecular weight is 382 g/mol. The van der Waals surface area contributed by atoms with E-state index >= 15 is 0 Å². The van der Waals surface area contributed by atoms with Crippen LogP contribution in [0.25, 0.3) is 0 Å². The second kappa shape index (κ2) is 12.0. The molecule has 1 fully saturated rings. The van der Waals surface area contributed by atoms with Crippen LogP contribution in [0.1, 0.15) is 40.5 Å². The summed E-state index contributed by atoms with van der Waals surface area (Å²) in [6, 6.07) is 1.50. The molecule has 146 valence electrons. The molecular formula is C18H30BNO5P-. The van der Waals surface area contributed by atoms with Crippen molar-refractivity contribution in [2.75, 3.05) is 20.3 Å². The van der Waals surface area contributed by atoms with E-state index < -0.39 is 20.5 Å². The lowest BCUT2D eigenvalue weighted by Gasteiger charge is -2.36. The van der Waals surface area contributed by atoms with Crippen molar-refractivity contribution < 1.29 is 23.3 Å². The predicted octanol–water partition coefficient (Wildman–Crippen LogP) is 3.47. The first-order chi connectivity index (χ1) is 12.3. The van der Waals surface area contributed by atoms with E-state index in [9.17, 15) is 0 Å². The zero-order valence-electron chi connectivity index (χ0n) is 16.4. The lowest BCUT2D eigenvalue weighted by Crippen LogP contribution is -2.40. The molecule has 1 heterocycles. The van der Waals surface area contributed by atoms with E-state index in [1.807, 2.05) is 27.7 Å². The van der Waals surface area contributed by atoms with Gasteiger partial charge in [-0.3, -0.25) is 0 Å².